The molecular formula is C9H10BrFS. The number of rotatable bonds is 3. The van der Waals surface area contributed by atoms with Crippen molar-refractivity contribution in [3.05, 3.63) is 34.1 Å². The van der Waals surface area contributed by atoms with Gasteiger partial charge in [-0.1, -0.05) is 15.9 Å². The van der Waals surface area contributed by atoms with Crippen LogP contribution in [0, 0.1) is 5.82 Å². The molecule has 0 spiro atoms. The Hall–Kier alpha value is -0.0200. The Morgan fingerprint density at radius 2 is 2.17 bits per heavy atom. The normalized spacial score (nSPS) is 10.2. The Morgan fingerprint density at radius 3 is 2.83 bits per heavy atom. The smallest absolute Gasteiger partial charge is 0.126 e. The van der Waals surface area contributed by atoms with Crippen LogP contribution in [0.2, 0.25) is 0 Å². The van der Waals surface area contributed by atoms with Gasteiger partial charge in [0.25, 0.3) is 0 Å². The summed E-state index contributed by atoms with van der Waals surface area (Å²) in [5.74, 6) is 0.673. The molecule has 12 heavy (non-hydrogen) atoms. The Labute approximate surface area is 85.7 Å². The predicted octanol–water partition coefficient (Wildman–Crippen LogP) is 3.45. The van der Waals surface area contributed by atoms with E-state index in [1.807, 2.05) is 6.07 Å². The molecule has 0 aliphatic heterocycles. The molecule has 0 aromatic heterocycles. The monoisotopic (exact) mass is 248 g/mol. The quantitative estimate of drug-likeness (QED) is 0.779. The van der Waals surface area contributed by atoms with Crippen molar-refractivity contribution < 1.29 is 4.39 Å². The number of halogens is 2. The Morgan fingerprint density at radius 1 is 1.42 bits per heavy atom. The second-order valence-electron chi connectivity index (χ2n) is 2.56. The highest BCUT2D eigenvalue weighted by atomic mass is 79.9. The zero-order chi connectivity index (χ0) is 8.97. The van der Waals surface area contributed by atoms with Gasteiger partial charge in [0.15, 0.2) is 0 Å². The first-order valence-corrected chi connectivity index (χ1v) is 5.21. The van der Waals surface area contributed by atoms with E-state index < -0.39 is 0 Å². The van der Waals surface area contributed by atoms with Crippen LogP contribution in [0.25, 0.3) is 0 Å². The molecule has 0 amide bonds. The lowest BCUT2D eigenvalue weighted by Gasteiger charge is -2.01. The Kier molecular flexibility index (Phi) is 4.09. The molecule has 1 aromatic rings. The van der Waals surface area contributed by atoms with Crippen molar-refractivity contribution in [2.24, 2.45) is 0 Å². The van der Waals surface area contributed by atoms with E-state index in [1.54, 1.807) is 6.07 Å². The van der Waals surface area contributed by atoms with Gasteiger partial charge in [0.1, 0.15) is 5.82 Å². The predicted molar refractivity (Wildman–Crippen MR) is 56.3 cm³/mol. The van der Waals surface area contributed by atoms with Gasteiger partial charge in [-0.2, -0.15) is 12.6 Å². The highest BCUT2D eigenvalue weighted by Gasteiger charge is 2.01. The molecular weight excluding hydrogens is 239 g/mol. The van der Waals surface area contributed by atoms with E-state index in [2.05, 4.69) is 28.6 Å². The van der Waals surface area contributed by atoms with Crippen LogP contribution in [-0.2, 0) is 6.42 Å². The minimum Gasteiger partial charge on any atom is -0.207 e. The van der Waals surface area contributed by atoms with Crippen molar-refractivity contribution in [3.8, 4) is 0 Å². The molecule has 3 heteroatoms. The first-order valence-electron chi connectivity index (χ1n) is 3.79. The van der Waals surface area contributed by atoms with Gasteiger partial charge in [-0.25, -0.2) is 4.39 Å². The third-order valence-electron chi connectivity index (χ3n) is 1.61. The van der Waals surface area contributed by atoms with Crippen LogP contribution in [0.5, 0.6) is 0 Å². The Balaban J connectivity index is 2.75. The third kappa shape index (κ3) is 2.79. The molecule has 0 N–H and O–H groups in total. The molecule has 0 aliphatic rings. The van der Waals surface area contributed by atoms with Crippen molar-refractivity contribution in [3.63, 3.8) is 0 Å². The van der Waals surface area contributed by atoms with Crippen LogP contribution in [-0.4, -0.2) is 5.75 Å². The summed E-state index contributed by atoms with van der Waals surface area (Å²) < 4.78 is 14.0. The summed E-state index contributed by atoms with van der Waals surface area (Å²) >= 11 is 7.38. The largest absolute Gasteiger partial charge is 0.207 e. The maximum Gasteiger partial charge on any atom is 0.126 e. The average molecular weight is 249 g/mol. The Bertz CT molecular complexity index is 263. The average Bonchev–Trinajstić information content (AvgIpc) is 2.07. The fourth-order valence-corrected chi connectivity index (χ4v) is 1.57. The number of thiol groups is 1. The third-order valence-corrected chi connectivity index (χ3v) is 2.42. The van der Waals surface area contributed by atoms with Crippen LogP contribution in [0.4, 0.5) is 4.39 Å². The van der Waals surface area contributed by atoms with Gasteiger partial charge in [-0.3, -0.25) is 0 Å². The summed E-state index contributed by atoms with van der Waals surface area (Å²) in [4.78, 5) is 0. The first kappa shape index (κ1) is 10.1. The fourth-order valence-electron chi connectivity index (χ4n) is 1.00. The van der Waals surface area contributed by atoms with Gasteiger partial charge in [0.05, 0.1) is 0 Å². The number of aryl methyl sites for hydroxylation is 1. The number of hydrogen-bond donors (Lipinski definition) is 1. The van der Waals surface area contributed by atoms with Crippen LogP contribution in [0.1, 0.15) is 12.0 Å². The van der Waals surface area contributed by atoms with E-state index in [9.17, 15) is 4.39 Å². The summed E-state index contributed by atoms with van der Waals surface area (Å²) in [6, 6.07) is 5.01. The molecule has 0 saturated carbocycles. The van der Waals surface area contributed by atoms with E-state index in [0.717, 1.165) is 28.6 Å². The first-order chi connectivity index (χ1) is 5.74. The van der Waals surface area contributed by atoms with Gasteiger partial charge < -0.3 is 0 Å². The zero-order valence-corrected chi connectivity index (χ0v) is 9.04. The standard InChI is InChI=1S/C9H10BrFS/c10-8-3-4-9(11)7(6-8)2-1-5-12/h3-4,6,12H,1-2,5H2. The van der Waals surface area contributed by atoms with Gasteiger partial charge in [0.2, 0.25) is 0 Å². The molecule has 0 nitrogen and oxygen atoms in total. The second-order valence-corrected chi connectivity index (χ2v) is 3.93. The molecule has 1 rings (SSSR count). The van der Waals surface area contributed by atoms with E-state index in [0.29, 0.717) is 0 Å². The molecule has 0 heterocycles. The number of hydrogen-bond acceptors (Lipinski definition) is 1. The molecule has 0 bridgehead atoms. The summed E-state index contributed by atoms with van der Waals surface area (Å²) in [5.41, 5.74) is 0.762. The minimum absolute atomic E-state index is 0.125. The van der Waals surface area contributed by atoms with Crippen molar-refractivity contribution in [2.75, 3.05) is 5.75 Å². The molecule has 1 aromatic carbocycles. The van der Waals surface area contributed by atoms with Gasteiger partial charge in [0, 0.05) is 4.47 Å². The zero-order valence-electron chi connectivity index (χ0n) is 6.56. The van der Waals surface area contributed by atoms with Crippen LogP contribution in [0.3, 0.4) is 0 Å². The molecule has 0 fully saturated rings. The van der Waals surface area contributed by atoms with Gasteiger partial charge >= 0.3 is 0 Å². The molecule has 0 atom stereocenters. The molecule has 0 unspecified atom stereocenters. The van der Waals surface area contributed by atoms with E-state index in [-0.39, 0.29) is 5.82 Å². The van der Waals surface area contributed by atoms with Crippen LogP contribution in [0.15, 0.2) is 22.7 Å². The van der Waals surface area contributed by atoms with Crippen molar-refractivity contribution in [1.29, 1.82) is 0 Å². The van der Waals surface area contributed by atoms with E-state index in [1.165, 1.54) is 6.07 Å². The van der Waals surface area contributed by atoms with E-state index in [4.69, 9.17) is 0 Å². The topological polar surface area (TPSA) is 0 Å². The molecule has 0 saturated heterocycles. The van der Waals surface area contributed by atoms with Crippen molar-refractivity contribution in [1.82, 2.24) is 0 Å². The summed E-state index contributed by atoms with van der Waals surface area (Å²) in [5, 5.41) is 0. The van der Waals surface area contributed by atoms with Gasteiger partial charge in [-0.15, -0.1) is 0 Å². The molecule has 0 radical (unpaired) electrons. The lowest BCUT2D eigenvalue weighted by atomic mass is 10.1. The fraction of sp³-hybridized carbons (Fsp3) is 0.333. The minimum atomic E-state index is -0.125. The van der Waals surface area contributed by atoms with E-state index >= 15 is 0 Å². The van der Waals surface area contributed by atoms with Crippen molar-refractivity contribution in [2.45, 2.75) is 12.8 Å². The summed E-state index contributed by atoms with van der Waals surface area (Å²) in [7, 11) is 0. The van der Waals surface area contributed by atoms with Crippen molar-refractivity contribution >= 4 is 28.6 Å². The maximum absolute atomic E-state index is 13.0. The highest BCUT2D eigenvalue weighted by molar-refractivity contribution is 9.10. The number of benzene rings is 1. The molecule has 66 valence electrons. The summed E-state index contributed by atoms with van der Waals surface area (Å²) in [6.07, 6.45) is 1.67. The van der Waals surface area contributed by atoms with Crippen LogP contribution >= 0.6 is 28.6 Å². The maximum atomic E-state index is 13.0. The molecule has 0 aliphatic carbocycles. The lowest BCUT2D eigenvalue weighted by Crippen LogP contribution is -1.91. The lowest BCUT2D eigenvalue weighted by molar-refractivity contribution is 0.607. The SMILES string of the molecule is Fc1ccc(Br)cc1CCCS. The summed E-state index contributed by atoms with van der Waals surface area (Å²) in [6.45, 7) is 0. The second kappa shape index (κ2) is 4.87. The van der Waals surface area contributed by atoms with Crippen LogP contribution < -0.4 is 0 Å². The highest BCUT2D eigenvalue weighted by Crippen LogP contribution is 2.16. The van der Waals surface area contributed by atoms with Gasteiger partial charge in [-0.05, 0) is 42.4 Å².